The molecule has 13 heteroatoms. The predicted octanol–water partition coefficient (Wildman–Crippen LogP) is -2.04. The first-order valence-corrected chi connectivity index (χ1v) is 10.8. The molecule has 1 saturated heterocycles. The number of ether oxygens (including phenoxy) is 6. The molecule has 192 valence electrons. The number of aliphatic hydroxyl groups excluding tert-OH is 4. The maximum atomic E-state index is 12.5. The van der Waals surface area contributed by atoms with Crippen molar-refractivity contribution in [3.8, 4) is 0 Å². The maximum absolute atomic E-state index is 12.5. The summed E-state index contributed by atoms with van der Waals surface area (Å²) in [6.45, 7) is 3.39. The molecular weight excluding hydrogens is 460 g/mol. The zero-order chi connectivity index (χ0) is 25.3. The lowest BCUT2D eigenvalue weighted by Crippen LogP contribution is -2.60. The molecular formula is C21H30O13. The van der Waals surface area contributed by atoms with Gasteiger partial charge in [0.15, 0.2) is 6.29 Å². The second kappa shape index (κ2) is 10.5. The molecule has 11 atom stereocenters. The van der Waals surface area contributed by atoms with Crippen LogP contribution in [0.5, 0.6) is 0 Å². The van der Waals surface area contributed by atoms with Crippen molar-refractivity contribution in [3.63, 3.8) is 0 Å². The number of methoxy groups -OCH3 is 1. The van der Waals surface area contributed by atoms with Gasteiger partial charge in [-0.25, -0.2) is 4.79 Å². The Hall–Kier alpha value is -2.29. The smallest absolute Gasteiger partial charge is 0.337 e. The van der Waals surface area contributed by atoms with Crippen LogP contribution in [0.4, 0.5) is 0 Å². The molecule has 2 aliphatic heterocycles. The van der Waals surface area contributed by atoms with Crippen LogP contribution in [0.2, 0.25) is 0 Å². The molecule has 0 radical (unpaired) electrons. The summed E-state index contributed by atoms with van der Waals surface area (Å²) in [5, 5.41) is 39.8. The van der Waals surface area contributed by atoms with Crippen molar-refractivity contribution in [2.75, 3.05) is 13.7 Å². The van der Waals surface area contributed by atoms with Crippen LogP contribution in [-0.4, -0.2) is 101 Å². The van der Waals surface area contributed by atoms with Crippen molar-refractivity contribution in [2.24, 2.45) is 17.8 Å². The number of hydrogen-bond acceptors (Lipinski definition) is 13. The summed E-state index contributed by atoms with van der Waals surface area (Å²) in [5.74, 6) is -4.28. The zero-order valence-corrected chi connectivity index (χ0v) is 19.1. The van der Waals surface area contributed by atoms with Gasteiger partial charge in [0.1, 0.15) is 36.6 Å². The third kappa shape index (κ3) is 4.90. The fourth-order valence-corrected chi connectivity index (χ4v) is 4.81. The predicted molar refractivity (Wildman–Crippen MR) is 107 cm³/mol. The average molecular weight is 490 g/mol. The van der Waals surface area contributed by atoms with E-state index in [0.717, 1.165) is 13.4 Å². The van der Waals surface area contributed by atoms with E-state index in [1.807, 2.05) is 0 Å². The summed E-state index contributed by atoms with van der Waals surface area (Å²) in [4.78, 5) is 36.1. The van der Waals surface area contributed by atoms with E-state index in [2.05, 4.69) is 0 Å². The Labute approximate surface area is 195 Å². The van der Waals surface area contributed by atoms with Gasteiger partial charge in [0.25, 0.3) is 0 Å². The van der Waals surface area contributed by atoms with Gasteiger partial charge in [-0.15, -0.1) is 0 Å². The summed E-state index contributed by atoms with van der Waals surface area (Å²) >= 11 is 0. The molecule has 3 rings (SSSR count). The van der Waals surface area contributed by atoms with Crippen molar-refractivity contribution in [1.29, 1.82) is 0 Å². The fourth-order valence-electron chi connectivity index (χ4n) is 4.81. The molecule has 0 aromatic rings. The topological polar surface area (TPSA) is 188 Å². The summed E-state index contributed by atoms with van der Waals surface area (Å²) < 4.78 is 32.5. The van der Waals surface area contributed by atoms with Crippen molar-refractivity contribution in [3.05, 3.63) is 11.8 Å². The molecule has 0 aromatic carbocycles. The molecule has 1 saturated carbocycles. The van der Waals surface area contributed by atoms with E-state index in [4.69, 9.17) is 28.4 Å². The van der Waals surface area contributed by atoms with E-state index in [1.54, 1.807) is 6.92 Å². The van der Waals surface area contributed by atoms with Crippen molar-refractivity contribution < 1.29 is 63.2 Å². The molecule has 1 aliphatic carbocycles. The van der Waals surface area contributed by atoms with E-state index in [9.17, 15) is 34.8 Å². The Morgan fingerprint density at radius 1 is 0.971 bits per heavy atom. The quantitative estimate of drug-likeness (QED) is 0.236. The minimum Gasteiger partial charge on any atom is -0.472 e. The van der Waals surface area contributed by atoms with Crippen LogP contribution in [0, 0.1) is 17.8 Å². The molecule has 4 N–H and O–H groups in total. The highest BCUT2D eigenvalue weighted by Gasteiger charge is 2.61. The molecule has 0 aromatic heterocycles. The van der Waals surface area contributed by atoms with Gasteiger partial charge >= 0.3 is 17.9 Å². The van der Waals surface area contributed by atoms with Gasteiger partial charge < -0.3 is 48.8 Å². The van der Waals surface area contributed by atoms with Crippen molar-refractivity contribution >= 4 is 17.9 Å². The lowest BCUT2D eigenvalue weighted by atomic mass is 9.82. The van der Waals surface area contributed by atoms with Crippen LogP contribution >= 0.6 is 0 Å². The first-order valence-electron chi connectivity index (χ1n) is 10.8. The molecule has 34 heavy (non-hydrogen) atoms. The van der Waals surface area contributed by atoms with Crippen LogP contribution in [0.15, 0.2) is 11.8 Å². The Morgan fingerprint density at radius 2 is 1.59 bits per heavy atom. The number of carbonyl (C=O) groups excluding carboxylic acids is 3. The van der Waals surface area contributed by atoms with Gasteiger partial charge in [0, 0.05) is 31.6 Å². The van der Waals surface area contributed by atoms with Gasteiger partial charge in [0.05, 0.1) is 25.6 Å². The van der Waals surface area contributed by atoms with Crippen LogP contribution in [0.25, 0.3) is 0 Å². The van der Waals surface area contributed by atoms with E-state index < -0.39 is 91.5 Å². The van der Waals surface area contributed by atoms with Gasteiger partial charge in [-0.3, -0.25) is 9.59 Å². The SMILES string of the molecule is COC(=O)C1=COC(OC2OC(CO)C(O)C(O)C2O)C2C(C)C(OC(C)=O)C(OC(C)=O)C12. The van der Waals surface area contributed by atoms with Gasteiger partial charge in [-0.05, 0) is 0 Å². The second-order valence-electron chi connectivity index (χ2n) is 8.51. The summed E-state index contributed by atoms with van der Waals surface area (Å²) in [6, 6.07) is 0. The summed E-state index contributed by atoms with van der Waals surface area (Å²) in [7, 11) is 1.16. The number of hydrogen-bond donors (Lipinski definition) is 4. The van der Waals surface area contributed by atoms with Crippen LogP contribution in [-0.2, 0) is 42.8 Å². The Morgan fingerprint density at radius 3 is 2.15 bits per heavy atom. The molecule has 0 spiro atoms. The highest BCUT2D eigenvalue weighted by Crippen LogP contribution is 2.50. The van der Waals surface area contributed by atoms with Crippen LogP contribution in [0.1, 0.15) is 20.8 Å². The van der Waals surface area contributed by atoms with E-state index >= 15 is 0 Å². The first-order chi connectivity index (χ1) is 16.0. The molecule has 2 heterocycles. The fraction of sp³-hybridized carbons (Fsp3) is 0.762. The highest BCUT2D eigenvalue weighted by molar-refractivity contribution is 5.89. The number of esters is 3. The van der Waals surface area contributed by atoms with Crippen molar-refractivity contribution in [2.45, 2.75) is 70.0 Å². The molecule has 11 unspecified atom stereocenters. The van der Waals surface area contributed by atoms with Crippen LogP contribution < -0.4 is 0 Å². The molecule has 13 nitrogen and oxygen atoms in total. The number of fused-ring (bicyclic) bond motifs is 1. The second-order valence-corrected chi connectivity index (χ2v) is 8.51. The maximum Gasteiger partial charge on any atom is 0.337 e. The monoisotopic (exact) mass is 490 g/mol. The van der Waals surface area contributed by atoms with E-state index in [-0.39, 0.29) is 5.57 Å². The molecule has 2 fully saturated rings. The van der Waals surface area contributed by atoms with E-state index in [1.165, 1.54) is 13.8 Å². The van der Waals surface area contributed by atoms with Crippen LogP contribution in [0.3, 0.4) is 0 Å². The zero-order valence-electron chi connectivity index (χ0n) is 19.1. The standard InChI is InChI=1S/C21H30O13/c1-7-12-13(18(32-9(3)24)17(7)31-8(2)23)10(19(28)29-4)6-30-20(12)34-21-16(27)15(26)14(25)11(5-22)33-21/h6-7,11-18,20-22,25-27H,5H2,1-4H3. The lowest BCUT2D eigenvalue weighted by molar-refractivity contribution is -0.343. The largest absolute Gasteiger partial charge is 0.472 e. The number of carbonyl (C=O) groups is 3. The summed E-state index contributed by atoms with van der Waals surface area (Å²) in [5.41, 5.74) is 0.0221. The third-order valence-corrected chi connectivity index (χ3v) is 6.36. The molecule has 0 amide bonds. The van der Waals surface area contributed by atoms with E-state index in [0.29, 0.717) is 0 Å². The molecule has 0 bridgehead atoms. The normalized spacial score (nSPS) is 41.5. The minimum absolute atomic E-state index is 0.0221. The lowest BCUT2D eigenvalue weighted by Gasteiger charge is -2.43. The average Bonchev–Trinajstić information content (AvgIpc) is 3.04. The highest BCUT2D eigenvalue weighted by atomic mass is 16.8. The number of rotatable bonds is 6. The summed E-state index contributed by atoms with van der Waals surface area (Å²) in [6.07, 6.45) is -9.90. The Balaban J connectivity index is 1.96. The number of aliphatic hydroxyl groups is 4. The molecule has 3 aliphatic rings. The Kier molecular flexibility index (Phi) is 8.16. The first kappa shape index (κ1) is 26.3. The Bertz CT molecular complexity index is 810. The van der Waals surface area contributed by atoms with Gasteiger partial charge in [-0.1, -0.05) is 6.92 Å². The van der Waals surface area contributed by atoms with Gasteiger partial charge in [-0.2, -0.15) is 0 Å². The minimum atomic E-state index is -1.70. The van der Waals surface area contributed by atoms with Crippen molar-refractivity contribution in [1.82, 2.24) is 0 Å². The van der Waals surface area contributed by atoms with Gasteiger partial charge in [0.2, 0.25) is 6.29 Å². The third-order valence-electron chi connectivity index (χ3n) is 6.36.